The zero-order chi connectivity index (χ0) is 11.4. The van der Waals surface area contributed by atoms with Crippen LogP contribution in [0.1, 0.15) is 26.7 Å². The molecule has 0 aliphatic heterocycles. The first-order valence-corrected chi connectivity index (χ1v) is 5.72. The standard InChI is InChI=1S/C12H19ClN2/c1-4-6-9(2)15(3)11-8-5-7-10(13)12(11)14/h5,7-9H,4,6,14H2,1-3H3. The molecule has 84 valence electrons. The number of nitrogens with two attached hydrogens (primary N) is 1. The Balaban J connectivity index is 2.90. The number of nitrogens with zero attached hydrogens (tertiary/aromatic N) is 1. The zero-order valence-corrected chi connectivity index (χ0v) is 10.4. The number of rotatable bonds is 4. The Bertz CT molecular complexity index is 325. The summed E-state index contributed by atoms with van der Waals surface area (Å²) < 4.78 is 0. The zero-order valence-electron chi connectivity index (χ0n) is 9.63. The predicted molar refractivity (Wildman–Crippen MR) is 68.6 cm³/mol. The average Bonchev–Trinajstić information content (AvgIpc) is 2.21. The van der Waals surface area contributed by atoms with Gasteiger partial charge in [-0.05, 0) is 25.5 Å². The monoisotopic (exact) mass is 226 g/mol. The highest BCUT2D eigenvalue weighted by Gasteiger charge is 2.12. The molecule has 2 nitrogen and oxygen atoms in total. The van der Waals surface area contributed by atoms with E-state index in [4.69, 9.17) is 17.3 Å². The third kappa shape index (κ3) is 2.78. The molecule has 1 aromatic carbocycles. The Labute approximate surface area is 97.0 Å². The summed E-state index contributed by atoms with van der Waals surface area (Å²) in [6, 6.07) is 6.24. The van der Waals surface area contributed by atoms with Crippen molar-refractivity contribution in [2.24, 2.45) is 0 Å². The van der Waals surface area contributed by atoms with Crippen molar-refractivity contribution in [1.82, 2.24) is 0 Å². The number of benzene rings is 1. The molecular formula is C12H19ClN2. The van der Waals surface area contributed by atoms with E-state index < -0.39 is 0 Å². The van der Waals surface area contributed by atoms with Gasteiger partial charge in [-0.15, -0.1) is 0 Å². The number of halogens is 1. The van der Waals surface area contributed by atoms with Crippen molar-refractivity contribution >= 4 is 23.0 Å². The van der Waals surface area contributed by atoms with E-state index in [9.17, 15) is 0 Å². The van der Waals surface area contributed by atoms with Gasteiger partial charge in [0, 0.05) is 13.1 Å². The van der Waals surface area contributed by atoms with Crippen LogP contribution in [-0.4, -0.2) is 13.1 Å². The highest BCUT2D eigenvalue weighted by Crippen LogP contribution is 2.30. The minimum absolute atomic E-state index is 0.482. The molecule has 0 bridgehead atoms. The molecule has 1 rings (SSSR count). The first-order chi connectivity index (χ1) is 7.07. The van der Waals surface area contributed by atoms with E-state index in [2.05, 4.69) is 25.8 Å². The van der Waals surface area contributed by atoms with Crippen LogP contribution < -0.4 is 10.6 Å². The molecule has 1 aromatic rings. The van der Waals surface area contributed by atoms with Gasteiger partial charge in [0.05, 0.1) is 16.4 Å². The number of para-hydroxylation sites is 1. The Morgan fingerprint density at radius 2 is 2.13 bits per heavy atom. The first kappa shape index (κ1) is 12.2. The molecule has 3 heteroatoms. The fourth-order valence-electron chi connectivity index (χ4n) is 1.68. The lowest BCUT2D eigenvalue weighted by Gasteiger charge is -2.28. The van der Waals surface area contributed by atoms with Crippen LogP contribution in [0.2, 0.25) is 5.02 Å². The number of hydrogen-bond donors (Lipinski definition) is 1. The van der Waals surface area contributed by atoms with E-state index in [1.165, 1.54) is 6.42 Å². The van der Waals surface area contributed by atoms with Crippen molar-refractivity contribution in [2.45, 2.75) is 32.7 Å². The lowest BCUT2D eigenvalue weighted by Crippen LogP contribution is -2.29. The Kier molecular flexibility index (Phi) is 4.28. The van der Waals surface area contributed by atoms with E-state index >= 15 is 0 Å². The number of hydrogen-bond acceptors (Lipinski definition) is 2. The van der Waals surface area contributed by atoms with Crippen molar-refractivity contribution in [1.29, 1.82) is 0 Å². The summed E-state index contributed by atoms with van der Waals surface area (Å²) in [4.78, 5) is 2.19. The smallest absolute Gasteiger partial charge is 0.0741 e. The van der Waals surface area contributed by atoms with Gasteiger partial charge in [0.2, 0.25) is 0 Å². The quantitative estimate of drug-likeness (QED) is 0.796. The summed E-state index contributed by atoms with van der Waals surface area (Å²) in [5, 5.41) is 0.628. The lowest BCUT2D eigenvalue weighted by atomic mass is 10.1. The summed E-state index contributed by atoms with van der Waals surface area (Å²) in [5.41, 5.74) is 7.63. The van der Waals surface area contributed by atoms with Crippen LogP contribution in [0.25, 0.3) is 0 Å². The van der Waals surface area contributed by atoms with E-state index in [-0.39, 0.29) is 0 Å². The van der Waals surface area contributed by atoms with Crippen LogP contribution in [-0.2, 0) is 0 Å². The third-order valence-corrected chi connectivity index (χ3v) is 3.11. The minimum atomic E-state index is 0.482. The van der Waals surface area contributed by atoms with Gasteiger partial charge in [-0.3, -0.25) is 0 Å². The van der Waals surface area contributed by atoms with Gasteiger partial charge >= 0.3 is 0 Å². The number of nitrogen functional groups attached to an aromatic ring is 1. The van der Waals surface area contributed by atoms with Gasteiger partial charge in [0.15, 0.2) is 0 Å². The maximum Gasteiger partial charge on any atom is 0.0741 e. The van der Waals surface area contributed by atoms with E-state index in [1.54, 1.807) is 0 Å². The van der Waals surface area contributed by atoms with Crippen molar-refractivity contribution < 1.29 is 0 Å². The van der Waals surface area contributed by atoms with Crippen molar-refractivity contribution in [3.63, 3.8) is 0 Å². The fourth-order valence-corrected chi connectivity index (χ4v) is 1.85. The summed E-state index contributed by atoms with van der Waals surface area (Å²) in [7, 11) is 2.06. The molecule has 1 atom stereocenters. The van der Waals surface area contributed by atoms with Crippen molar-refractivity contribution in [2.75, 3.05) is 17.7 Å². The molecule has 0 fully saturated rings. The average molecular weight is 227 g/mol. The highest BCUT2D eigenvalue weighted by atomic mass is 35.5. The van der Waals surface area contributed by atoms with Gasteiger partial charge in [0.25, 0.3) is 0 Å². The summed E-state index contributed by atoms with van der Waals surface area (Å²) >= 11 is 5.99. The Morgan fingerprint density at radius 1 is 1.47 bits per heavy atom. The van der Waals surface area contributed by atoms with Gasteiger partial charge in [-0.1, -0.05) is 31.0 Å². The number of anilines is 2. The minimum Gasteiger partial charge on any atom is -0.396 e. The first-order valence-electron chi connectivity index (χ1n) is 5.34. The van der Waals surface area contributed by atoms with Crippen LogP contribution in [0, 0.1) is 0 Å². The van der Waals surface area contributed by atoms with Crippen molar-refractivity contribution in [3.8, 4) is 0 Å². The van der Waals surface area contributed by atoms with Crippen molar-refractivity contribution in [3.05, 3.63) is 23.2 Å². The summed E-state index contributed by atoms with van der Waals surface area (Å²) in [6.07, 6.45) is 2.33. The topological polar surface area (TPSA) is 29.3 Å². The SMILES string of the molecule is CCCC(C)N(C)c1cccc(Cl)c1N. The molecule has 0 saturated heterocycles. The second-order valence-corrected chi connectivity index (χ2v) is 4.33. The molecule has 0 aliphatic rings. The molecule has 0 spiro atoms. The summed E-state index contributed by atoms with van der Waals surface area (Å²) in [5.74, 6) is 0. The van der Waals surface area contributed by atoms with Crippen LogP contribution >= 0.6 is 11.6 Å². The molecule has 0 radical (unpaired) electrons. The maximum absolute atomic E-state index is 5.99. The van der Waals surface area contributed by atoms with Crippen LogP contribution in [0.4, 0.5) is 11.4 Å². The normalized spacial score (nSPS) is 12.5. The van der Waals surface area contributed by atoms with E-state index in [1.807, 2.05) is 18.2 Å². The molecule has 0 aromatic heterocycles. The van der Waals surface area contributed by atoms with Gasteiger partial charge in [-0.2, -0.15) is 0 Å². The van der Waals surface area contributed by atoms with Gasteiger partial charge < -0.3 is 10.6 Å². The largest absolute Gasteiger partial charge is 0.396 e. The fraction of sp³-hybridized carbons (Fsp3) is 0.500. The third-order valence-electron chi connectivity index (χ3n) is 2.78. The van der Waals surface area contributed by atoms with E-state index in [0.717, 1.165) is 12.1 Å². The second kappa shape index (κ2) is 5.26. The van der Waals surface area contributed by atoms with Crippen LogP contribution in [0.15, 0.2) is 18.2 Å². The van der Waals surface area contributed by atoms with Crippen LogP contribution in [0.5, 0.6) is 0 Å². The lowest BCUT2D eigenvalue weighted by molar-refractivity contribution is 0.617. The Morgan fingerprint density at radius 3 is 2.73 bits per heavy atom. The van der Waals surface area contributed by atoms with Gasteiger partial charge in [-0.25, -0.2) is 0 Å². The molecule has 0 saturated carbocycles. The Hall–Kier alpha value is -0.890. The molecule has 0 heterocycles. The molecule has 2 N–H and O–H groups in total. The molecule has 0 amide bonds. The second-order valence-electron chi connectivity index (χ2n) is 3.92. The molecular weight excluding hydrogens is 208 g/mol. The van der Waals surface area contributed by atoms with Gasteiger partial charge in [0.1, 0.15) is 0 Å². The molecule has 15 heavy (non-hydrogen) atoms. The van der Waals surface area contributed by atoms with E-state index in [0.29, 0.717) is 16.8 Å². The van der Waals surface area contributed by atoms with Crippen LogP contribution in [0.3, 0.4) is 0 Å². The molecule has 0 aliphatic carbocycles. The molecule has 1 unspecified atom stereocenters. The predicted octanol–water partition coefficient (Wildman–Crippen LogP) is 3.55. The highest BCUT2D eigenvalue weighted by molar-refractivity contribution is 6.33. The summed E-state index contributed by atoms with van der Waals surface area (Å²) in [6.45, 7) is 4.38. The maximum atomic E-state index is 5.99.